The van der Waals surface area contributed by atoms with Gasteiger partial charge in [-0.15, -0.1) is 0 Å². The molecule has 4 heteroatoms. The third-order valence-electron chi connectivity index (χ3n) is 3.17. The number of nitrogen functional groups attached to an aromatic ring is 1. The van der Waals surface area contributed by atoms with Crippen molar-refractivity contribution in [3.05, 3.63) is 59.8 Å². The fourth-order valence-corrected chi connectivity index (χ4v) is 2.12. The van der Waals surface area contributed by atoms with Crippen molar-refractivity contribution in [2.75, 3.05) is 4.90 Å². The quantitative estimate of drug-likeness (QED) is 0.647. The van der Waals surface area contributed by atoms with E-state index in [4.69, 9.17) is 11.1 Å². The lowest BCUT2D eigenvalue weighted by Crippen LogP contribution is -2.33. The Hall–Kier alpha value is -2.36. The van der Waals surface area contributed by atoms with Crippen LogP contribution in [0.1, 0.15) is 25.0 Å². The van der Waals surface area contributed by atoms with Crippen LogP contribution in [0.3, 0.4) is 0 Å². The molecule has 0 unspecified atom stereocenters. The molecule has 3 N–H and O–H groups in total. The van der Waals surface area contributed by atoms with Gasteiger partial charge in [0.25, 0.3) is 0 Å². The van der Waals surface area contributed by atoms with Crippen LogP contribution in [-0.4, -0.2) is 16.9 Å². The highest BCUT2D eigenvalue weighted by Crippen LogP contribution is 2.21. The molecular weight excluding hydrogens is 248 g/mol. The number of nitrogens with one attached hydrogen (secondary N) is 1. The molecule has 0 amide bonds. The van der Waals surface area contributed by atoms with Crippen LogP contribution >= 0.6 is 0 Å². The Labute approximate surface area is 119 Å². The van der Waals surface area contributed by atoms with Crippen LogP contribution in [0.4, 0.5) is 5.82 Å². The molecule has 0 radical (unpaired) electrons. The second-order valence-corrected chi connectivity index (χ2v) is 5.00. The number of benzene rings is 1. The molecule has 4 nitrogen and oxygen atoms in total. The molecule has 2 rings (SSSR count). The zero-order valence-corrected chi connectivity index (χ0v) is 11.9. The number of hydrogen-bond acceptors (Lipinski definition) is 3. The summed E-state index contributed by atoms with van der Waals surface area (Å²) >= 11 is 0. The van der Waals surface area contributed by atoms with Crippen molar-refractivity contribution in [3.8, 4) is 0 Å². The van der Waals surface area contributed by atoms with Gasteiger partial charge in [-0.3, -0.25) is 5.41 Å². The van der Waals surface area contributed by atoms with Gasteiger partial charge >= 0.3 is 0 Å². The SMILES string of the molecule is CC(C)N(Cc1ccccc1)c1ncccc1C(=N)N. The van der Waals surface area contributed by atoms with Crippen LogP contribution in [0.5, 0.6) is 0 Å². The summed E-state index contributed by atoms with van der Waals surface area (Å²) in [5.74, 6) is 0.811. The monoisotopic (exact) mass is 268 g/mol. The molecule has 0 atom stereocenters. The van der Waals surface area contributed by atoms with Crippen molar-refractivity contribution in [2.24, 2.45) is 5.73 Å². The first-order chi connectivity index (χ1) is 9.59. The van der Waals surface area contributed by atoms with Gasteiger partial charge < -0.3 is 10.6 Å². The number of amidine groups is 1. The summed E-state index contributed by atoms with van der Waals surface area (Å²) in [6, 6.07) is 14.1. The van der Waals surface area contributed by atoms with E-state index in [1.807, 2.05) is 24.3 Å². The van der Waals surface area contributed by atoms with Crippen LogP contribution in [0.15, 0.2) is 48.7 Å². The molecule has 0 aliphatic heterocycles. The van der Waals surface area contributed by atoms with Gasteiger partial charge in [-0.1, -0.05) is 30.3 Å². The highest BCUT2D eigenvalue weighted by molar-refractivity contribution is 5.99. The highest BCUT2D eigenvalue weighted by Gasteiger charge is 2.17. The molecule has 1 aromatic heterocycles. The minimum absolute atomic E-state index is 0.0480. The second-order valence-electron chi connectivity index (χ2n) is 5.00. The van der Waals surface area contributed by atoms with Gasteiger partial charge in [0.05, 0.1) is 5.56 Å². The summed E-state index contributed by atoms with van der Waals surface area (Å²) in [5, 5.41) is 7.70. The van der Waals surface area contributed by atoms with E-state index in [2.05, 4.69) is 35.9 Å². The molecule has 0 saturated carbocycles. The number of hydrogen-bond donors (Lipinski definition) is 2. The topological polar surface area (TPSA) is 66.0 Å². The number of nitrogens with zero attached hydrogens (tertiary/aromatic N) is 2. The van der Waals surface area contributed by atoms with Gasteiger partial charge in [-0.2, -0.15) is 0 Å². The molecule has 2 aromatic rings. The fourth-order valence-electron chi connectivity index (χ4n) is 2.12. The van der Waals surface area contributed by atoms with Gasteiger partial charge in [-0.05, 0) is 31.5 Å². The molecule has 0 aliphatic rings. The summed E-state index contributed by atoms with van der Waals surface area (Å²) in [6.07, 6.45) is 1.74. The van der Waals surface area contributed by atoms with E-state index in [1.165, 1.54) is 5.56 Å². The van der Waals surface area contributed by atoms with E-state index < -0.39 is 0 Å². The summed E-state index contributed by atoms with van der Waals surface area (Å²) < 4.78 is 0. The molecule has 0 aliphatic carbocycles. The minimum Gasteiger partial charge on any atom is -0.384 e. The zero-order chi connectivity index (χ0) is 14.5. The molecule has 104 valence electrons. The van der Waals surface area contributed by atoms with Crippen molar-refractivity contribution in [3.63, 3.8) is 0 Å². The summed E-state index contributed by atoms with van der Waals surface area (Å²) in [7, 11) is 0. The molecule has 0 bridgehead atoms. The summed E-state index contributed by atoms with van der Waals surface area (Å²) in [5.41, 5.74) is 7.55. The average Bonchev–Trinajstić information content (AvgIpc) is 2.45. The Morgan fingerprint density at radius 3 is 2.50 bits per heavy atom. The molecule has 1 aromatic carbocycles. The van der Waals surface area contributed by atoms with Gasteiger partial charge in [0.1, 0.15) is 11.7 Å². The van der Waals surface area contributed by atoms with Crippen LogP contribution in [-0.2, 0) is 6.54 Å². The Balaban J connectivity index is 2.37. The molecule has 0 fully saturated rings. The number of rotatable bonds is 5. The highest BCUT2D eigenvalue weighted by atomic mass is 15.2. The Morgan fingerprint density at radius 2 is 1.90 bits per heavy atom. The first-order valence-electron chi connectivity index (χ1n) is 6.69. The van der Waals surface area contributed by atoms with Gasteiger partial charge in [0, 0.05) is 18.8 Å². The lowest BCUT2D eigenvalue weighted by atomic mass is 10.1. The summed E-state index contributed by atoms with van der Waals surface area (Å²) in [4.78, 5) is 6.58. The van der Waals surface area contributed by atoms with E-state index in [-0.39, 0.29) is 11.9 Å². The first-order valence-corrected chi connectivity index (χ1v) is 6.69. The van der Waals surface area contributed by atoms with E-state index in [0.29, 0.717) is 5.56 Å². The van der Waals surface area contributed by atoms with Crippen molar-refractivity contribution >= 4 is 11.7 Å². The van der Waals surface area contributed by atoms with Crippen LogP contribution in [0.25, 0.3) is 0 Å². The maximum Gasteiger partial charge on any atom is 0.140 e. The zero-order valence-electron chi connectivity index (χ0n) is 11.9. The van der Waals surface area contributed by atoms with E-state index in [0.717, 1.165) is 12.4 Å². The second kappa shape index (κ2) is 6.19. The normalized spacial score (nSPS) is 10.6. The lowest BCUT2D eigenvalue weighted by molar-refractivity contribution is 0.672. The molecular formula is C16H20N4. The lowest BCUT2D eigenvalue weighted by Gasteiger charge is -2.29. The standard InChI is InChI=1S/C16H20N4/c1-12(2)20(11-13-7-4-3-5-8-13)16-14(15(17)18)9-6-10-19-16/h3-10,12H,11H2,1-2H3,(H3,17,18). The first kappa shape index (κ1) is 14.1. The molecule has 0 saturated heterocycles. The predicted molar refractivity (Wildman–Crippen MR) is 83.0 cm³/mol. The van der Waals surface area contributed by atoms with Gasteiger partial charge in [0.15, 0.2) is 0 Å². The average molecular weight is 268 g/mol. The van der Waals surface area contributed by atoms with E-state index in [9.17, 15) is 0 Å². The van der Waals surface area contributed by atoms with Crippen molar-refractivity contribution in [1.29, 1.82) is 5.41 Å². The number of anilines is 1. The van der Waals surface area contributed by atoms with Crippen molar-refractivity contribution in [1.82, 2.24) is 4.98 Å². The number of pyridine rings is 1. The molecule has 20 heavy (non-hydrogen) atoms. The van der Waals surface area contributed by atoms with Gasteiger partial charge in [0.2, 0.25) is 0 Å². The number of nitrogens with two attached hydrogens (primary N) is 1. The third kappa shape index (κ3) is 3.15. The van der Waals surface area contributed by atoms with Crippen LogP contribution < -0.4 is 10.6 Å². The number of aromatic nitrogens is 1. The van der Waals surface area contributed by atoms with E-state index in [1.54, 1.807) is 12.3 Å². The Bertz CT molecular complexity index is 578. The van der Waals surface area contributed by atoms with Crippen molar-refractivity contribution < 1.29 is 0 Å². The fraction of sp³-hybridized carbons (Fsp3) is 0.250. The van der Waals surface area contributed by atoms with E-state index >= 15 is 0 Å². The van der Waals surface area contributed by atoms with Gasteiger partial charge in [-0.25, -0.2) is 4.98 Å². The Kier molecular flexibility index (Phi) is 4.35. The van der Waals surface area contributed by atoms with Crippen LogP contribution in [0.2, 0.25) is 0 Å². The predicted octanol–water partition coefficient (Wildman–Crippen LogP) is 2.78. The largest absolute Gasteiger partial charge is 0.384 e. The van der Waals surface area contributed by atoms with Crippen LogP contribution in [0, 0.1) is 5.41 Å². The molecule has 0 spiro atoms. The third-order valence-corrected chi connectivity index (χ3v) is 3.17. The maximum absolute atomic E-state index is 7.70. The van der Waals surface area contributed by atoms with Crippen molar-refractivity contribution in [2.45, 2.75) is 26.4 Å². The summed E-state index contributed by atoms with van der Waals surface area (Å²) in [6.45, 7) is 4.97. The smallest absolute Gasteiger partial charge is 0.140 e. The minimum atomic E-state index is 0.0480. The maximum atomic E-state index is 7.70. The molecule has 1 heterocycles. The Morgan fingerprint density at radius 1 is 1.20 bits per heavy atom.